The molecular formula is C24H22N10. The van der Waals surface area contributed by atoms with Crippen LogP contribution >= 0.6 is 0 Å². The average molecular weight is 451 g/mol. The van der Waals surface area contributed by atoms with Crippen molar-refractivity contribution in [2.45, 2.75) is 33.7 Å². The van der Waals surface area contributed by atoms with E-state index >= 15 is 0 Å². The smallest absolute Gasteiger partial charge is 0.185 e. The summed E-state index contributed by atoms with van der Waals surface area (Å²) in [5.74, 6) is 0.572. The predicted octanol–water partition coefficient (Wildman–Crippen LogP) is 3.98. The van der Waals surface area contributed by atoms with Crippen molar-refractivity contribution in [1.29, 1.82) is 0 Å². The van der Waals surface area contributed by atoms with E-state index in [1.807, 2.05) is 65.9 Å². The van der Waals surface area contributed by atoms with E-state index in [9.17, 15) is 0 Å². The van der Waals surface area contributed by atoms with Gasteiger partial charge in [0.2, 0.25) is 0 Å². The van der Waals surface area contributed by atoms with Gasteiger partial charge in [-0.25, -0.2) is 19.5 Å². The Labute approximate surface area is 194 Å². The van der Waals surface area contributed by atoms with Crippen molar-refractivity contribution in [1.82, 2.24) is 49.3 Å². The quantitative estimate of drug-likeness (QED) is 0.400. The van der Waals surface area contributed by atoms with Crippen molar-refractivity contribution >= 4 is 16.7 Å². The highest BCUT2D eigenvalue weighted by Crippen LogP contribution is 2.30. The lowest BCUT2D eigenvalue weighted by atomic mass is 10.1. The maximum atomic E-state index is 4.89. The molecule has 6 heterocycles. The minimum absolute atomic E-state index is 0.289. The zero-order valence-electron chi connectivity index (χ0n) is 19.2. The highest BCUT2D eigenvalue weighted by atomic mass is 15.5. The number of rotatable bonds is 4. The highest BCUT2D eigenvalue weighted by Gasteiger charge is 2.19. The molecular weight excluding hydrogens is 428 g/mol. The van der Waals surface area contributed by atoms with Crippen LogP contribution in [-0.2, 0) is 0 Å². The van der Waals surface area contributed by atoms with Crippen LogP contribution in [0.25, 0.3) is 44.9 Å². The number of nitrogens with zero attached hydrogens (tertiary/aromatic N) is 10. The van der Waals surface area contributed by atoms with Crippen molar-refractivity contribution in [3.8, 4) is 28.2 Å². The molecule has 0 radical (unpaired) electrons. The van der Waals surface area contributed by atoms with Crippen molar-refractivity contribution in [3.05, 3.63) is 66.6 Å². The van der Waals surface area contributed by atoms with E-state index in [1.165, 1.54) is 4.80 Å². The first-order valence-electron chi connectivity index (χ1n) is 11.0. The number of pyridine rings is 2. The molecule has 0 bridgehead atoms. The first-order valence-corrected chi connectivity index (χ1v) is 11.0. The Morgan fingerprint density at radius 2 is 1.79 bits per heavy atom. The molecule has 34 heavy (non-hydrogen) atoms. The normalized spacial score (nSPS) is 11.8. The van der Waals surface area contributed by atoms with Gasteiger partial charge in [-0.15, -0.1) is 4.80 Å². The summed E-state index contributed by atoms with van der Waals surface area (Å²) >= 11 is 0. The minimum Gasteiger partial charge on any atom is -0.270 e. The van der Waals surface area contributed by atoms with Gasteiger partial charge < -0.3 is 0 Å². The Morgan fingerprint density at radius 1 is 0.912 bits per heavy atom. The van der Waals surface area contributed by atoms with Gasteiger partial charge in [0.05, 0.1) is 35.7 Å². The fourth-order valence-electron chi connectivity index (χ4n) is 4.01. The van der Waals surface area contributed by atoms with E-state index < -0.39 is 0 Å². The topological polar surface area (TPSA) is 104 Å². The number of fused-ring (bicyclic) bond motifs is 2. The van der Waals surface area contributed by atoms with Gasteiger partial charge in [0.1, 0.15) is 0 Å². The van der Waals surface area contributed by atoms with Crippen LogP contribution in [0.1, 0.15) is 31.3 Å². The Balaban J connectivity index is 1.55. The zero-order chi connectivity index (χ0) is 23.4. The largest absolute Gasteiger partial charge is 0.270 e. The van der Waals surface area contributed by atoms with Crippen molar-refractivity contribution < 1.29 is 0 Å². The van der Waals surface area contributed by atoms with E-state index in [1.54, 1.807) is 12.4 Å². The SMILES string of the molecule is Cc1cnn(-c2nc3ncccc3cc2-c2cnc3cc(-c4cnn(C(C)C)c4)c(C)nn23)n1. The Hall–Kier alpha value is -4.47. The molecule has 6 aromatic rings. The maximum Gasteiger partial charge on any atom is 0.185 e. The molecule has 0 N–H and O–H groups in total. The molecule has 0 saturated carbocycles. The summed E-state index contributed by atoms with van der Waals surface area (Å²) in [6.07, 6.45) is 9.15. The van der Waals surface area contributed by atoms with E-state index in [-0.39, 0.29) is 6.04 Å². The molecule has 0 aliphatic heterocycles. The van der Waals surface area contributed by atoms with Crippen LogP contribution in [0.15, 0.2) is 55.2 Å². The van der Waals surface area contributed by atoms with Crippen molar-refractivity contribution in [2.24, 2.45) is 0 Å². The van der Waals surface area contributed by atoms with Crippen molar-refractivity contribution in [3.63, 3.8) is 0 Å². The fraction of sp³-hybridized carbons (Fsp3) is 0.208. The molecule has 0 aliphatic carbocycles. The summed E-state index contributed by atoms with van der Waals surface area (Å²) in [7, 11) is 0. The van der Waals surface area contributed by atoms with Gasteiger partial charge in [-0.1, -0.05) is 0 Å². The third kappa shape index (κ3) is 3.22. The van der Waals surface area contributed by atoms with Crippen LogP contribution in [0.3, 0.4) is 0 Å². The van der Waals surface area contributed by atoms with E-state index in [2.05, 4.69) is 39.1 Å². The third-order valence-corrected chi connectivity index (χ3v) is 5.76. The number of imidazole rings is 1. The van der Waals surface area contributed by atoms with Crippen molar-refractivity contribution in [2.75, 3.05) is 0 Å². The lowest BCUT2D eigenvalue weighted by Gasteiger charge is -2.10. The van der Waals surface area contributed by atoms with Crippen LogP contribution in [0.2, 0.25) is 0 Å². The Morgan fingerprint density at radius 3 is 2.56 bits per heavy atom. The monoisotopic (exact) mass is 450 g/mol. The van der Waals surface area contributed by atoms with Crippen LogP contribution in [0, 0.1) is 13.8 Å². The number of aryl methyl sites for hydroxylation is 2. The van der Waals surface area contributed by atoms with Crippen LogP contribution in [-0.4, -0.2) is 49.3 Å². The van der Waals surface area contributed by atoms with Crippen LogP contribution in [0.4, 0.5) is 0 Å². The molecule has 168 valence electrons. The molecule has 0 atom stereocenters. The summed E-state index contributed by atoms with van der Waals surface area (Å²) in [6, 6.07) is 8.24. The highest BCUT2D eigenvalue weighted by molar-refractivity contribution is 5.84. The molecule has 6 rings (SSSR count). The zero-order valence-corrected chi connectivity index (χ0v) is 19.2. The first kappa shape index (κ1) is 20.2. The summed E-state index contributed by atoms with van der Waals surface area (Å²) in [4.78, 5) is 15.4. The number of hydrogen-bond donors (Lipinski definition) is 0. The summed E-state index contributed by atoms with van der Waals surface area (Å²) in [5, 5.41) is 19.1. The third-order valence-electron chi connectivity index (χ3n) is 5.76. The summed E-state index contributed by atoms with van der Waals surface area (Å²) in [6.45, 7) is 8.09. The van der Waals surface area contributed by atoms with Gasteiger partial charge in [-0.05, 0) is 52.0 Å². The Kier molecular flexibility index (Phi) is 4.47. The molecule has 0 aliphatic rings. The molecule has 6 aromatic heterocycles. The second-order valence-corrected chi connectivity index (χ2v) is 8.54. The average Bonchev–Trinajstić information content (AvgIpc) is 3.57. The molecule has 0 aromatic carbocycles. The number of hydrogen-bond acceptors (Lipinski definition) is 7. The fourth-order valence-corrected chi connectivity index (χ4v) is 4.01. The predicted molar refractivity (Wildman–Crippen MR) is 128 cm³/mol. The molecule has 0 spiro atoms. The lowest BCUT2D eigenvalue weighted by molar-refractivity contribution is 0.532. The van der Waals surface area contributed by atoms with Gasteiger partial charge in [-0.2, -0.15) is 20.4 Å². The lowest BCUT2D eigenvalue weighted by Crippen LogP contribution is -2.07. The second-order valence-electron chi connectivity index (χ2n) is 8.54. The molecule has 10 heteroatoms. The minimum atomic E-state index is 0.289. The standard InChI is InChI=1S/C24H22N10/c1-14(2)32-13-18(11-27-32)19-9-22-26-12-21(33(22)31-16(19)4)20-8-17-6-5-7-25-23(17)29-24(20)34-28-10-15(3)30-34/h5-14H,1-4H3. The van der Waals surface area contributed by atoms with E-state index in [4.69, 9.17) is 10.1 Å². The molecule has 0 amide bonds. The molecule has 0 fully saturated rings. The summed E-state index contributed by atoms with van der Waals surface area (Å²) in [5.41, 5.74) is 6.66. The van der Waals surface area contributed by atoms with E-state index in [0.29, 0.717) is 11.5 Å². The van der Waals surface area contributed by atoms with Crippen LogP contribution < -0.4 is 0 Å². The van der Waals surface area contributed by atoms with E-state index in [0.717, 1.165) is 44.8 Å². The van der Waals surface area contributed by atoms with Gasteiger partial charge in [-0.3, -0.25) is 4.68 Å². The van der Waals surface area contributed by atoms with Gasteiger partial charge >= 0.3 is 0 Å². The number of aromatic nitrogens is 10. The maximum absolute atomic E-state index is 4.89. The molecule has 10 nitrogen and oxygen atoms in total. The molecule has 0 saturated heterocycles. The Bertz CT molecular complexity index is 1670. The summed E-state index contributed by atoms with van der Waals surface area (Å²) < 4.78 is 3.78. The van der Waals surface area contributed by atoms with Gasteiger partial charge in [0.15, 0.2) is 17.1 Å². The second kappa shape index (κ2) is 7.55. The van der Waals surface area contributed by atoms with Crippen LogP contribution in [0.5, 0.6) is 0 Å². The van der Waals surface area contributed by atoms with Gasteiger partial charge in [0, 0.05) is 40.5 Å². The molecule has 0 unspecified atom stereocenters. The first-order chi connectivity index (χ1) is 16.5. The van der Waals surface area contributed by atoms with Gasteiger partial charge in [0.25, 0.3) is 0 Å².